The van der Waals surface area contributed by atoms with Crippen LogP contribution in [0.3, 0.4) is 0 Å². The molecule has 2 rings (SSSR count). The number of nitrogens with two attached hydrogens (primary N) is 1. The zero-order chi connectivity index (χ0) is 13.0. The smallest absolute Gasteiger partial charge is 0.394 e. The van der Waals surface area contributed by atoms with Crippen molar-refractivity contribution in [1.82, 2.24) is 5.43 Å². The van der Waals surface area contributed by atoms with Gasteiger partial charge in [0.25, 0.3) is 5.92 Å². The predicted octanol–water partition coefficient (Wildman–Crippen LogP) is 1.62. The molecule has 0 bridgehead atoms. The molecular formula is C9H10F5N3. The Balaban J connectivity index is 2.52. The van der Waals surface area contributed by atoms with Gasteiger partial charge in [0.15, 0.2) is 0 Å². The molecular weight excluding hydrogens is 245 g/mol. The van der Waals surface area contributed by atoms with E-state index < -0.39 is 40.9 Å². The van der Waals surface area contributed by atoms with Gasteiger partial charge in [-0.15, -0.1) is 0 Å². The maximum absolute atomic E-state index is 13.6. The third-order valence-corrected chi connectivity index (χ3v) is 3.02. The Morgan fingerprint density at radius 3 is 2.53 bits per heavy atom. The minimum Gasteiger partial charge on any atom is -0.394 e. The molecule has 0 aromatic rings. The quantitative estimate of drug-likeness (QED) is 0.552. The third kappa shape index (κ3) is 1.66. The van der Waals surface area contributed by atoms with Gasteiger partial charge in [0.1, 0.15) is 11.4 Å². The summed E-state index contributed by atoms with van der Waals surface area (Å²) < 4.78 is 64.6. The fourth-order valence-electron chi connectivity index (χ4n) is 2.17. The Bertz CT molecular complexity index is 409. The van der Waals surface area contributed by atoms with Crippen LogP contribution < -0.4 is 11.2 Å². The minimum absolute atomic E-state index is 0.0296. The van der Waals surface area contributed by atoms with E-state index in [2.05, 4.69) is 10.5 Å². The van der Waals surface area contributed by atoms with Crippen LogP contribution in [0.1, 0.15) is 6.42 Å². The first-order chi connectivity index (χ1) is 7.71. The molecule has 3 N–H and O–H groups in total. The van der Waals surface area contributed by atoms with Gasteiger partial charge in [0.2, 0.25) is 0 Å². The summed E-state index contributed by atoms with van der Waals surface area (Å²) >= 11 is 0. The van der Waals surface area contributed by atoms with E-state index in [1.165, 1.54) is 7.05 Å². The summed E-state index contributed by atoms with van der Waals surface area (Å²) in [6.45, 7) is 0. The second-order valence-electron chi connectivity index (χ2n) is 4.08. The molecule has 0 aromatic carbocycles. The molecule has 8 heteroatoms. The SMILES string of the molecule is CNN=C1C(=C(N)C(F)(F)F)C2CC2C1(F)F. The third-order valence-electron chi connectivity index (χ3n) is 3.02. The van der Waals surface area contributed by atoms with Crippen molar-refractivity contribution in [3.05, 3.63) is 11.3 Å². The van der Waals surface area contributed by atoms with Gasteiger partial charge in [-0.05, 0) is 12.3 Å². The van der Waals surface area contributed by atoms with Crippen molar-refractivity contribution in [3.8, 4) is 0 Å². The lowest BCUT2D eigenvalue weighted by Gasteiger charge is -2.16. The number of nitrogens with zero attached hydrogens (tertiary/aromatic N) is 1. The summed E-state index contributed by atoms with van der Waals surface area (Å²) in [4.78, 5) is 0. The first kappa shape index (κ1) is 12.1. The Morgan fingerprint density at radius 1 is 1.47 bits per heavy atom. The molecule has 0 heterocycles. The molecule has 2 saturated carbocycles. The number of rotatable bonds is 1. The summed E-state index contributed by atoms with van der Waals surface area (Å²) in [7, 11) is 1.24. The Kier molecular flexibility index (Phi) is 2.38. The molecule has 0 aliphatic heterocycles. The average molecular weight is 255 g/mol. The summed E-state index contributed by atoms with van der Waals surface area (Å²) in [5.41, 5.74) is 4.13. The van der Waals surface area contributed by atoms with Crippen LogP contribution >= 0.6 is 0 Å². The van der Waals surface area contributed by atoms with Gasteiger partial charge in [-0.25, -0.2) is 0 Å². The topological polar surface area (TPSA) is 50.4 Å². The summed E-state index contributed by atoms with van der Waals surface area (Å²) in [6.07, 6.45) is -4.78. The van der Waals surface area contributed by atoms with E-state index >= 15 is 0 Å². The fraction of sp³-hybridized carbons (Fsp3) is 0.667. The molecule has 2 atom stereocenters. The Morgan fingerprint density at radius 2 is 2.06 bits per heavy atom. The molecule has 96 valence electrons. The summed E-state index contributed by atoms with van der Waals surface area (Å²) in [6, 6.07) is 0. The van der Waals surface area contributed by atoms with E-state index in [1.54, 1.807) is 0 Å². The minimum atomic E-state index is -4.81. The molecule has 2 aliphatic rings. The molecule has 0 radical (unpaired) electrons. The van der Waals surface area contributed by atoms with Crippen molar-refractivity contribution in [3.63, 3.8) is 0 Å². The van der Waals surface area contributed by atoms with Gasteiger partial charge in [-0.2, -0.15) is 27.1 Å². The van der Waals surface area contributed by atoms with Gasteiger partial charge < -0.3 is 11.2 Å². The normalized spacial score (nSPS) is 35.8. The molecule has 0 aromatic heterocycles. The highest BCUT2D eigenvalue weighted by Gasteiger charge is 2.68. The van der Waals surface area contributed by atoms with E-state index in [1.807, 2.05) is 0 Å². The zero-order valence-electron chi connectivity index (χ0n) is 8.78. The fourth-order valence-corrected chi connectivity index (χ4v) is 2.17. The predicted molar refractivity (Wildman–Crippen MR) is 50.3 cm³/mol. The number of alkyl halides is 5. The van der Waals surface area contributed by atoms with Crippen molar-refractivity contribution in [2.45, 2.75) is 18.5 Å². The summed E-state index contributed by atoms with van der Waals surface area (Å²) in [5.74, 6) is -5.25. The van der Waals surface area contributed by atoms with Crippen LogP contribution in [0.5, 0.6) is 0 Å². The van der Waals surface area contributed by atoms with Crippen LogP contribution in [-0.2, 0) is 0 Å². The molecule has 2 fully saturated rings. The van der Waals surface area contributed by atoms with Crippen LogP contribution in [-0.4, -0.2) is 24.9 Å². The van der Waals surface area contributed by atoms with E-state index in [4.69, 9.17) is 5.73 Å². The van der Waals surface area contributed by atoms with Crippen LogP contribution in [0.15, 0.2) is 16.4 Å². The molecule has 17 heavy (non-hydrogen) atoms. The van der Waals surface area contributed by atoms with Gasteiger partial charge >= 0.3 is 6.18 Å². The highest BCUT2D eigenvalue weighted by molar-refractivity contribution is 6.10. The lowest BCUT2D eigenvalue weighted by molar-refractivity contribution is -0.0933. The standard InChI is InChI=1S/C9H10F5N3/c1-16-17-7-5(6(15)9(12,13)14)3-2-4(3)8(7,10)11/h3-4,16H,2,15H2,1H3. The first-order valence-electron chi connectivity index (χ1n) is 4.91. The summed E-state index contributed by atoms with van der Waals surface area (Å²) in [5, 5.41) is 3.25. The van der Waals surface area contributed by atoms with Crippen molar-refractivity contribution in [2.24, 2.45) is 22.7 Å². The average Bonchev–Trinajstić information content (AvgIpc) is 2.91. The van der Waals surface area contributed by atoms with E-state index in [9.17, 15) is 22.0 Å². The van der Waals surface area contributed by atoms with Crippen LogP contribution in [0.4, 0.5) is 22.0 Å². The molecule has 0 spiro atoms. The number of allylic oxidation sites excluding steroid dienone is 2. The van der Waals surface area contributed by atoms with E-state index in [0.717, 1.165) is 0 Å². The van der Waals surface area contributed by atoms with Gasteiger partial charge in [0.05, 0.1) is 0 Å². The van der Waals surface area contributed by atoms with Crippen LogP contribution in [0, 0.1) is 11.8 Å². The van der Waals surface area contributed by atoms with Crippen molar-refractivity contribution >= 4 is 5.71 Å². The molecule has 3 nitrogen and oxygen atoms in total. The molecule has 2 aliphatic carbocycles. The molecule has 0 amide bonds. The van der Waals surface area contributed by atoms with Crippen molar-refractivity contribution in [2.75, 3.05) is 7.05 Å². The highest BCUT2D eigenvalue weighted by Crippen LogP contribution is 2.62. The van der Waals surface area contributed by atoms with Crippen molar-refractivity contribution in [1.29, 1.82) is 0 Å². The number of fused-ring (bicyclic) bond motifs is 1. The Labute approximate surface area is 93.5 Å². The monoisotopic (exact) mass is 255 g/mol. The second-order valence-corrected chi connectivity index (χ2v) is 4.08. The van der Waals surface area contributed by atoms with Crippen molar-refractivity contribution < 1.29 is 22.0 Å². The number of hydrogen-bond donors (Lipinski definition) is 2. The Hall–Kier alpha value is -1.34. The number of nitrogens with one attached hydrogen (secondary N) is 1. The number of halogens is 5. The maximum atomic E-state index is 13.6. The van der Waals surface area contributed by atoms with E-state index in [-0.39, 0.29) is 6.42 Å². The van der Waals surface area contributed by atoms with Crippen LogP contribution in [0.2, 0.25) is 0 Å². The van der Waals surface area contributed by atoms with Gasteiger partial charge in [-0.3, -0.25) is 0 Å². The highest BCUT2D eigenvalue weighted by atomic mass is 19.4. The number of hydrazone groups is 1. The van der Waals surface area contributed by atoms with E-state index in [0.29, 0.717) is 0 Å². The van der Waals surface area contributed by atoms with Gasteiger partial charge in [-0.1, -0.05) is 0 Å². The second kappa shape index (κ2) is 3.33. The van der Waals surface area contributed by atoms with Crippen LogP contribution in [0.25, 0.3) is 0 Å². The maximum Gasteiger partial charge on any atom is 0.431 e. The van der Waals surface area contributed by atoms with Gasteiger partial charge in [0, 0.05) is 18.5 Å². The molecule has 0 saturated heterocycles. The molecule has 2 unspecified atom stereocenters. The largest absolute Gasteiger partial charge is 0.431 e. The first-order valence-corrected chi connectivity index (χ1v) is 4.91. The lowest BCUT2D eigenvalue weighted by Crippen LogP contribution is -2.32. The number of hydrogen-bond acceptors (Lipinski definition) is 3. The lowest BCUT2D eigenvalue weighted by atomic mass is 10.0. The zero-order valence-corrected chi connectivity index (χ0v) is 8.78.